The number of unbranched alkanes of at least 4 members (excludes halogenated alkanes) is 15. The molecule has 5 heteroatoms. The lowest BCUT2D eigenvalue weighted by atomic mass is 10.0. The topological polar surface area (TPSA) is 67.8 Å². The van der Waals surface area contributed by atoms with Gasteiger partial charge in [-0.1, -0.05) is 103 Å². The highest BCUT2D eigenvalue weighted by Gasteiger charge is 2.37. The molecular formula is C25H49NO4. The van der Waals surface area contributed by atoms with Crippen molar-refractivity contribution < 1.29 is 19.4 Å². The molecule has 1 saturated carbocycles. The van der Waals surface area contributed by atoms with Crippen LogP contribution in [0.2, 0.25) is 0 Å². The lowest BCUT2D eigenvalue weighted by molar-refractivity contribution is -0.0503. The summed E-state index contributed by atoms with van der Waals surface area (Å²) in [5, 5.41) is 12.6. The van der Waals surface area contributed by atoms with Gasteiger partial charge in [0.15, 0.2) is 0 Å². The Morgan fingerprint density at radius 3 is 1.73 bits per heavy atom. The van der Waals surface area contributed by atoms with Crippen molar-refractivity contribution in [2.45, 2.75) is 141 Å². The van der Waals surface area contributed by atoms with Crippen LogP contribution in [0.1, 0.15) is 122 Å². The minimum Gasteiger partial charge on any atom is -0.443 e. The van der Waals surface area contributed by atoms with Crippen LogP contribution < -0.4 is 5.32 Å². The quantitative estimate of drug-likeness (QED) is 0.230. The van der Waals surface area contributed by atoms with Crippen LogP contribution in [-0.4, -0.2) is 43.2 Å². The summed E-state index contributed by atoms with van der Waals surface area (Å²) in [6.07, 6.45) is 21.1. The van der Waals surface area contributed by atoms with E-state index in [-0.39, 0.29) is 6.10 Å². The maximum Gasteiger partial charge on any atom is 0.407 e. The smallest absolute Gasteiger partial charge is 0.407 e. The Labute approximate surface area is 185 Å². The molecule has 1 fully saturated rings. The first-order chi connectivity index (χ1) is 14.7. The number of amides is 1. The Bertz CT molecular complexity index is 405. The van der Waals surface area contributed by atoms with Crippen LogP contribution >= 0.6 is 0 Å². The molecular weight excluding hydrogens is 378 g/mol. The van der Waals surface area contributed by atoms with Crippen molar-refractivity contribution in [3.63, 3.8) is 0 Å². The van der Waals surface area contributed by atoms with Crippen molar-refractivity contribution in [3.8, 4) is 0 Å². The molecule has 178 valence electrons. The lowest BCUT2D eigenvalue weighted by Crippen LogP contribution is -2.37. The SMILES string of the molecule is CCCCCCCCCCCCCCCCCCNC(=O)O[C@@H]1CC[C@@H](O)[C@H]1OC. The summed E-state index contributed by atoms with van der Waals surface area (Å²) < 4.78 is 10.6. The molecule has 0 bridgehead atoms. The summed E-state index contributed by atoms with van der Waals surface area (Å²) in [5.41, 5.74) is 0. The highest BCUT2D eigenvalue weighted by Crippen LogP contribution is 2.25. The molecule has 3 atom stereocenters. The van der Waals surface area contributed by atoms with Crippen molar-refractivity contribution >= 4 is 6.09 Å². The third-order valence-corrected chi connectivity index (χ3v) is 6.32. The van der Waals surface area contributed by atoms with Crippen molar-refractivity contribution in [1.82, 2.24) is 5.32 Å². The van der Waals surface area contributed by atoms with E-state index >= 15 is 0 Å². The Hall–Kier alpha value is -0.810. The van der Waals surface area contributed by atoms with Gasteiger partial charge in [-0.25, -0.2) is 4.79 Å². The molecule has 1 rings (SSSR count). The molecule has 0 radical (unpaired) electrons. The largest absolute Gasteiger partial charge is 0.443 e. The van der Waals surface area contributed by atoms with Gasteiger partial charge in [-0.2, -0.15) is 0 Å². The molecule has 0 aromatic heterocycles. The fourth-order valence-corrected chi connectivity index (χ4v) is 4.39. The van der Waals surface area contributed by atoms with E-state index < -0.39 is 18.3 Å². The number of carbonyl (C=O) groups is 1. The first kappa shape index (κ1) is 27.2. The summed E-state index contributed by atoms with van der Waals surface area (Å²) in [6, 6.07) is 0. The third kappa shape index (κ3) is 13.5. The van der Waals surface area contributed by atoms with Gasteiger partial charge in [-0.05, 0) is 19.3 Å². The summed E-state index contributed by atoms with van der Waals surface area (Å²) in [4.78, 5) is 11.9. The minimum absolute atomic E-state index is 0.337. The molecule has 0 heterocycles. The number of nitrogens with one attached hydrogen (secondary N) is 1. The fraction of sp³-hybridized carbons (Fsp3) is 0.960. The van der Waals surface area contributed by atoms with Gasteiger partial charge in [0.05, 0.1) is 6.10 Å². The maximum atomic E-state index is 11.9. The maximum absolute atomic E-state index is 11.9. The van der Waals surface area contributed by atoms with E-state index in [1.54, 1.807) is 7.11 Å². The average molecular weight is 428 g/mol. The van der Waals surface area contributed by atoms with Crippen molar-refractivity contribution in [2.24, 2.45) is 0 Å². The number of hydrogen-bond acceptors (Lipinski definition) is 4. The Morgan fingerprint density at radius 1 is 0.800 bits per heavy atom. The van der Waals surface area contributed by atoms with Gasteiger partial charge < -0.3 is 19.9 Å². The van der Waals surface area contributed by atoms with Crippen LogP contribution in [0.15, 0.2) is 0 Å². The second-order valence-corrected chi connectivity index (χ2v) is 9.02. The number of rotatable bonds is 19. The van der Waals surface area contributed by atoms with Gasteiger partial charge >= 0.3 is 6.09 Å². The number of aliphatic hydroxyl groups excluding tert-OH is 1. The van der Waals surface area contributed by atoms with E-state index in [2.05, 4.69) is 12.2 Å². The van der Waals surface area contributed by atoms with E-state index in [4.69, 9.17) is 9.47 Å². The summed E-state index contributed by atoms with van der Waals surface area (Å²) in [6.45, 7) is 2.93. The van der Waals surface area contributed by atoms with Crippen LogP contribution in [0.4, 0.5) is 4.79 Å². The second kappa shape index (κ2) is 18.9. The van der Waals surface area contributed by atoms with Crippen LogP contribution in [-0.2, 0) is 9.47 Å². The van der Waals surface area contributed by atoms with Crippen LogP contribution in [0.3, 0.4) is 0 Å². The van der Waals surface area contributed by atoms with Gasteiger partial charge in [0.1, 0.15) is 12.2 Å². The van der Waals surface area contributed by atoms with Gasteiger partial charge in [-0.3, -0.25) is 0 Å². The normalized spacial score (nSPS) is 21.1. The fourth-order valence-electron chi connectivity index (χ4n) is 4.39. The van der Waals surface area contributed by atoms with Gasteiger partial charge in [0, 0.05) is 13.7 Å². The third-order valence-electron chi connectivity index (χ3n) is 6.32. The van der Waals surface area contributed by atoms with E-state index in [0.29, 0.717) is 19.4 Å². The first-order valence-electron chi connectivity index (χ1n) is 12.8. The molecule has 2 N–H and O–H groups in total. The molecule has 5 nitrogen and oxygen atoms in total. The van der Waals surface area contributed by atoms with E-state index in [1.165, 1.54) is 89.9 Å². The van der Waals surface area contributed by atoms with Crippen LogP contribution in [0, 0.1) is 0 Å². The molecule has 1 aliphatic rings. The highest BCUT2D eigenvalue weighted by molar-refractivity contribution is 5.67. The number of hydrogen-bond donors (Lipinski definition) is 2. The zero-order chi connectivity index (χ0) is 21.9. The predicted molar refractivity (Wildman–Crippen MR) is 124 cm³/mol. The monoisotopic (exact) mass is 427 g/mol. The Morgan fingerprint density at radius 2 is 1.27 bits per heavy atom. The zero-order valence-corrected chi connectivity index (χ0v) is 19.8. The zero-order valence-electron chi connectivity index (χ0n) is 19.8. The molecule has 0 saturated heterocycles. The molecule has 0 unspecified atom stereocenters. The molecule has 0 aliphatic heterocycles. The number of alkyl carbamates (subject to hydrolysis) is 1. The van der Waals surface area contributed by atoms with Crippen LogP contribution in [0.5, 0.6) is 0 Å². The van der Waals surface area contributed by atoms with E-state index in [9.17, 15) is 9.90 Å². The molecule has 0 aromatic rings. The number of methoxy groups -OCH3 is 1. The Kier molecular flexibility index (Phi) is 17.2. The number of carbonyl (C=O) groups excluding carboxylic acids is 1. The second-order valence-electron chi connectivity index (χ2n) is 9.02. The molecule has 1 amide bonds. The van der Waals surface area contributed by atoms with Gasteiger partial charge in [0.25, 0.3) is 0 Å². The van der Waals surface area contributed by atoms with Crippen molar-refractivity contribution in [3.05, 3.63) is 0 Å². The van der Waals surface area contributed by atoms with Gasteiger partial charge in [-0.15, -0.1) is 0 Å². The number of aliphatic hydroxyl groups is 1. The summed E-state index contributed by atoms with van der Waals surface area (Å²) in [5.74, 6) is 0. The van der Waals surface area contributed by atoms with Crippen molar-refractivity contribution in [2.75, 3.05) is 13.7 Å². The van der Waals surface area contributed by atoms with Crippen molar-refractivity contribution in [1.29, 1.82) is 0 Å². The molecule has 0 aromatic carbocycles. The molecule has 0 spiro atoms. The van der Waals surface area contributed by atoms with Crippen LogP contribution in [0.25, 0.3) is 0 Å². The summed E-state index contributed by atoms with van der Waals surface area (Å²) >= 11 is 0. The number of ether oxygens (including phenoxy) is 2. The van der Waals surface area contributed by atoms with E-state index in [0.717, 1.165) is 12.8 Å². The van der Waals surface area contributed by atoms with E-state index in [1.807, 2.05) is 0 Å². The summed E-state index contributed by atoms with van der Waals surface area (Å²) in [7, 11) is 1.55. The predicted octanol–water partition coefficient (Wildman–Crippen LogP) is 6.51. The minimum atomic E-state index is -0.534. The molecule has 1 aliphatic carbocycles. The highest BCUT2D eigenvalue weighted by atomic mass is 16.6. The Balaban J connectivity index is 1.79. The standard InChI is InChI=1S/C25H49NO4/c1-3-4-5-6-7-8-9-10-11-12-13-14-15-16-17-18-21-26-25(28)30-23-20-19-22(27)24(23)29-2/h22-24,27H,3-21H2,1-2H3,(H,26,28)/t22-,23-,24-/m1/s1. The van der Waals surface area contributed by atoms with Gasteiger partial charge in [0.2, 0.25) is 0 Å². The first-order valence-corrected chi connectivity index (χ1v) is 12.8. The lowest BCUT2D eigenvalue weighted by Gasteiger charge is -2.20. The average Bonchev–Trinajstić information content (AvgIpc) is 3.09. The molecule has 30 heavy (non-hydrogen) atoms.